The normalized spacial score (nSPS) is 11.1. The van der Waals surface area contributed by atoms with E-state index in [-0.39, 0.29) is 68.6 Å². The Labute approximate surface area is 362 Å². The maximum absolute atomic E-state index is 15.4. The Morgan fingerprint density at radius 2 is 1.02 bits per heavy atom. The summed E-state index contributed by atoms with van der Waals surface area (Å²) < 4.78 is 179. The van der Waals surface area contributed by atoms with Gasteiger partial charge in [0.25, 0.3) is 0 Å². The van der Waals surface area contributed by atoms with E-state index in [2.05, 4.69) is 5.92 Å². The summed E-state index contributed by atoms with van der Waals surface area (Å²) in [6.45, 7) is 1.66. The number of halogens is 8. The van der Waals surface area contributed by atoms with E-state index in [9.17, 15) is 13.0 Å². The molecule has 57 heavy (non-hydrogen) atoms. The van der Waals surface area contributed by atoms with Crippen LogP contribution in [0.3, 0.4) is 0 Å². The van der Waals surface area contributed by atoms with E-state index < -0.39 is 89.9 Å². The molecule has 0 aromatic heterocycles. The first-order valence-corrected chi connectivity index (χ1v) is 17.1. The van der Waals surface area contributed by atoms with Gasteiger partial charge in [0.15, 0.2) is 23.3 Å². The zero-order valence-corrected chi connectivity index (χ0v) is 33.4. The van der Waals surface area contributed by atoms with Crippen LogP contribution < -0.4 is 70.3 Å². The number of ether oxygens (including phenoxy) is 4. The minimum absolute atomic E-state index is 0. The Bertz CT molecular complexity index is 2630. The molecule has 0 saturated carbocycles. The van der Waals surface area contributed by atoms with Crippen molar-refractivity contribution in [1.29, 1.82) is 0 Å². The van der Waals surface area contributed by atoms with Gasteiger partial charge in [-0.05, 0) is 78.2 Å². The van der Waals surface area contributed by atoms with Crippen LogP contribution in [0.2, 0.25) is 0 Å². The van der Waals surface area contributed by atoms with Crippen molar-refractivity contribution in [2.45, 2.75) is 11.8 Å². The maximum atomic E-state index is 15.4. The van der Waals surface area contributed by atoms with Gasteiger partial charge in [-0.2, -0.15) is 17.6 Å². The van der Waals surface area contributed by atoms with Crippen molar-refractivity contribution in [2.75, 3.05) is 7.11 Å². The van der Waals surface area contributed by atoms with Crippen LogP contribution >= 0.6 is 0 Å². The monoisotopic (exact) mass is 836 g/mol. The second-order valence-electron chi connectivity index (χ2n) is 11.7. The molecule has 0 aliphatic carbocycles. The predicted molar refractivity (Wildman–Crippen MR) is 184 cm³/mol. The fraction of sp³-hybridized carbons (Fsp3) is 0.0500. The molecule has 0 N–H and O–H groups in total. The summed E-state index contributed by atoms with van der Waals surface area (Å²) >= 11 is 0. The van der Waals surface area contributed by atoms with Gasteiger partial charge in [-0.3, -0.25) is 0 Å². The first-order valence-electron chi connectivity index (χ1n) is 15.7. The molecule has 17 heteroatoms. The zero-order valence-electron chi connectivity index (χ0n) is 29.4. The quantitative estimate of drug-likeness (QED) is 0.0459. The van der Waals surface area contributed by atoms with Gasteiger partial charge in [0.2, 0.25) is 34.8 Å². The van der Waals surface area contributed by atoms with Gasteiger partial charge in [-0.25, -0.2) is 26.0 Å². The number of hydrogen-bond acceptors (Lipinski definition) is 7. The second-order valence-corrected chi connectivity index (χ2v) is 13.1. The molecule has 0 aliphatic rings. The van der Waals surface area contributed by atoms with Crippen LogP contribution in [0.5, 0.6) is 40.2 Å². The topological polar surface area (TPSA) is 94.1 Å². The molecule has 0 amide bonds. The van der Waals surface area contributed by atoms with E-state index in [0.717, 1.165) is 6.07 Å². The molecule has 0 saturated heterocycles. The molecule has 0 atom stereocenters. The Morgan fingerprint density at radius 3 is 1.47 bits per heavy atom. The van der Waals surface area contributed by atoms with Gasteiger partial charge in [0.05, 0.1) is 18.2 Å². The van der Waals surface area contributed by atoms with Gasteiger partial charge in [-0.1, -0.05) is 30.2 Å². The van der Waals surface area contributed by atoms with E-state index in [1.807, 2.05) is 0 Å². The van der Waals surface area contributed by atoms with Crippen LogP contribution in [0.25, 0.3) is 22.3 Å². The largest absolute Gasteiger partial charge is 1.00 e. The molecule has 0 radical (unpaired) electrons. The van der Waals surface area contributed by atoms with E-state index >= 15 is 35.1 Å². The number of hydrogen-bond donors (Lipinski definition) is 0. The van der Waals surface area contributed by atoms with Crippen LogP contribution in [-0.2, 0) is 10.1 Å². The maximum Gasteiger partial charge on any atom is 1.00 e. The summed E-state index contributed by atoms with van der Waals surface area (Å²) in [7, 11) is -4.10. The minimum Gasteiger partial charge on any atom is -0.744 e. The van der Waals surface area contributed by atoms with Gasteiger partial charge >= 0.3 is 51.4 Å². The molecule has 6 rings (SSSR count). The van der Waals surface area contributed by atoms with Crippen molar-refractivity contribution < 1.29 is 118 Å². The SMILES string of the molecule is C#Cc1cc(C)cc(Oc2ccc(Oc3c(F)c(F)c(-c4c(F)c(F)c(Oc5ccc(-c6ccc(OC)cc6)cc5)c(F)c4F)c(F)c3F)c(S(=O)(=O)[O-])c2)c1.[K+]. The molecule has 7 nitrogen and oxygen atoms in total. The van der Waals surface area contributed by atoms with E-state index in [1.165, 1.54) is 43.5 Å². The van der Waals surface area contributed by atoms with Crippen molar-refractivity contribution in [3.8, 4) is 74.8 Å². The molecule has 0 unspecified atom stereocenters. The van der Waals surface area contributed by atoms with Crippen molar-refractivity contribution >= 4 is 10.1 Å². The Kier molecular flexibility index (Phi) is 13.1. The van der Waals surface area contributed by atoms with Crippen LogP contribution in [0, 0.1) is 65.8 Å². The number of benzene rings is 6. The molecule has 0 fully saturated rings. The second kappa shape index (κ2) is 17.3. The van der Waals surface area contributed by atoms with Gasteiger partial charge in [0.1, 0.15) is 43.8 Å². The van der Waals surface area contributed by atoms with Crippen LogP contribution in [0.4, 0.5) is 35.1 Å². The molecule has 0 aliphatic heterocycles. The third-order valence-corrected chi connectivity index (χ3v) is 8.90. The molecular formula is C40H21F8KO7S. The molecule has 286 valence electrons. The Balaban J connectivity index is 0.00000620. The molecule has 0 bridgehead atoms. The molecule has 6 aromatic rings. The fourth-order valence-electron chi connectivity index (χ4n) is 5.43. The van der Waals surface area contributed by atoms with E-state index in [1.54, 1.807) is 37.3 Å². The van der Waals surface area contributed by atoms with Crippen LogP contribution in [-0.4, -0.2) is 20.1 Å². The number of rotatable bonds is 10. The van der Waals surface area contributed by atoms with Gasteiger partial charge in [0, 0.05) is 11.6 Å². The first-order chi connectivity index (χ1) is 26.5. The summed E-state index contributed by atoms with van der Waals surface area (Å²) in [4.78, 5) is -1.32. The summed E-state index contributed by atoms with van der Waals surface area (Å²) in [5.74, 6) is -22.5. The third-order valence-electron chi connectivity index (χ3n) is 8.04. The Morgan fingerprint density at radius 1 is 0.561 bits per heavy atom. The first kappa shape index (κ1) is 43.2. The molecule has 6 aromatic carbocycles. The molecular weight excluding hydrogens is 816 g/mol. The molecule has 0 heterocycles. The van der Waals surface area contributed by atoms with Crippen molar-refractivity contribution in [3.05, 3.63) is 143 Å². The van der Waals surface area contributed by atoms with Crippen molar-refractivity contribution in [3.63, 3.8) is 0 Å². The third kappa shape index (κ3) is 8.82. The molecule has 0 spiro atoms. The number of terminal acetylenes is 1. The Hall–Kier alpha value is -4.93. The van der Waals surface area contributed by atoms with Crippen molar-refractivity contribution in [1.82, 2.24) is 0 Å². The van der Waals surface area contributed by atoms with E-state index in [0.29, 0.717) is 40.1 Å². The number of aryl methyl sites for hydroxylation is 1. The van der Waals surface area contributed by atoms with E-state index in [4.69, 9.17) is 25.4 Å². The van der Waals surface area contributed by atoms with Gasteiger partial charge < -0.3 is 23.5 Å². The van der Waals surface area contributed by atoms with Crippen molar-refractivity contribution in [2.24, 2.45) is 0 Å². The van der Waals surface area contributed by atoms with Crippen LogP contribution in [0.15, 0.2) is 89.8 Å². The average molecular weight is 837 g/mol. The standard InChI is InChI=1S/C40H22F8O7S.K/c1-4-20-15-19(2)16-26(17-20)53-25-13-14-27(28(18-25)56(49,50)51)55-40-37(47)33(43)30(34(44)38(40)48)29-31(41)35(45)39(36(46)32(29)42)54-24-11-7-22(8-12-24)21-5-9-23(52-3)10-6-21;/h1,5-18H,2-3H3,(H,49,50,51);/q;+1/p-1. The number of methoxy groups -OCH3 is 1. The fourth-order valence-corrected chi connectivity index (χ4v) is 6.04. The zero-order chi connectivity index (χ0) is 40.6. The predicted octanol–water partition coefficient (Wildman–Crippen LogP) is 7.72. The summed E-state index contributed by atoms with van der Waals surface area (Å²) in [5.41, 5.74) is -2.15. The minimum atomic E-state index is -5.57. The summed E-state index contributed by atoms with van der Waals surface area (Å²) in [5, 5.41) is 0. The summed E-state index contributed by atoms with van der Waals surface area (Å²) in [6.07, 6.45) is 5.39. The average Bonchev–Trinajstić information content (AvgIpc) is 3.18. The van der Waals surface area contributed by atoms with Gasteiger partial charge in [-0.15, -0.1) is 6.42 Å². The summed E-state index contributed by atoms with van der Waals surface area (Å²) in [6, 6.07) is 18.6. The smallest absolute Gasteiger partial charge is 0.744 e. The van der Waals surface area contributed by atoms with Crippen LogP contribution in [0.1, 0.15) is 11.1 Å².